The molecule has 1 atom stereocenters. The SMILES string of the molecule is COc1ccc(NC(=O)[C@H](C)Sc2nnc(-c3ccncc3)n2C)cc1OC. The molecule has 0 radical (unpaired) electrons. The molecule has 0 unspecified atom stereocenters. The molecule has 0 aliphatic rings. The van der Waals surface area contributed by atoms with Gasteiger partial charge >= 0.3 is 0 Å². The van der Waals surface area contributed by atoms with Gasteiger partial charge in [0, 0.05) is 36.8 Å². The molecule has 0 saturated carbocycles. The van der Waals surface area contributed by atoms with Gasteiger partial charge in [-0.15, -0.1) is 10.2 Å². The first-order valence-corrected chi connectivity index (χ1v) is 9.40. The van der Waals surface area contributed by atoms with Crippen LogP contribution in [0.5, 0.6) is 11.5 Å². The van der Waals surface area contributed by atoms with E-state index in [2.05, 4.69) is 20.5 Å². The molecule has 1 amide bonds. The van der Waals surface area contributed by atoms with Crippen molar-refractivity contribution in [2.45, 2.75) is 17.3 Å². The molecule has 0 spiro atoms. The summed E-state index contributed by atoms with van der Waals surface area (Å²) in [4.78, 5) is 16.6. The van der Waals surface area contributed by atoms with Crippen molar-refractivity contribution in [2.75, 3.05) is 19.5 Å². The highest BCUT2D eigenvalue weighted by atomic mass is 32.2. The fraction of sp³-hybridized carbons (Fsp3) is 0.263. The quantitative estimate of drug-likeness (QED) is 0.611. The van der Waals surface area contributed by atoms with Crippen LogP contribution in [0.15, 0.2) is 47.9 Å². The van der Waals surface area contributed by atoms with Crippen LogP contribution in [-0.4, -0.2) is 45.1 Å². The summed E-state index contributed by atoms with van der Waals surface area (Å²) < 4.78 is 12.3. The Bertz CT molecular complexity index is 961. The van der Waals surface area contributed by atoms with Gasteiger partial charge in [-0.3, -0.25) is 9.78 Å². The van der Waals surface area contributed by atoms with Crippen LogP contribution in [0.2, 0.25) is 0 Å². The summed E-state index contributed by atoms with van der Waals surface area (Å²) in [5.41, 5.74) is 1.55. The number of aromatic nitrogens is 4. The maximum atomic E-state index is 12.6. The van der Waals surface area contributed by atoms with Crippen molar-refractivity contribution >= 4 is 23.4 Å². The number of pyridine rings is 1. The molecule has 3 aromatic rings. The van der Waals surface area contributed by atoms with Gasteiger partial charge in [-0.05, 0) is 31.2 Å². The lowest BCUT2D eigenvalue weighted by atomic mass is 10.2. The summed E-state index contributed by atoms with van der Waals surface area (Å²) in [6.45, 7) is 1.82. The summed E-state index contributed by atoms with van der Waals surface area (Å²) in [6.07, 6.45) is 3.41. The lowest BCUT2D eigenvalue weighted by Crippen LogP contribution is -2.22. The van der Waals surface area contributed by atoms with E-state index in [-0.39, 0.29) is 11.2 Å². The van der Waals surface area contributed by atoms with Gasteiger partial charge in [0.2, 0.25) is 5.91 Å². The smallest absolute Gasteiger partial charge is 0.237 e. The number of carbonyl (C=O) groups is 1. The second-order valence-corrected chi connectivity index (χ2v) is 7.23. The van der Waals surface area contributed by atoms with E-state index >= 15 is 0 Å². The predicted octanol–water partition coefficient (Wildman–Crippen LogP) is 3.01. The van der Waals surface area contributed by atoms with E-state index in [1.54, 1.807) is 44.8 Å². The molecule has 0 fully saturated rings. The summed E-state index contributed by atoms with van der Waals surface area (Å²) in [5, 5.41) is 11.6. The average molecular weight is 399 g/mol. The van der Waals surface area contributed by atoms with Crippen LogP contribution in [0.1, 0.15) is 6.92 Å². The number of benzene rings is 1. The van der Waals surface area contributed by atoms with Crippen molar-refractivity contribution in [2.24, 2.45) is 7.05 Å². The molecule has 0 aliphatic heterocycles. The van der Waals surface area contributed by atoms with Crippen molar-refractivity contribution in [1.82, 2.24) is 19.7 Å². The number of anilines is 1. The number of amides is 1. The highest BCUT2D eigenvalue weighted by Crippen LogP contribution is 2.31. The minimum Gasteiger partial charge on any atom is -0.493 e. The Labute approximate surface area is 167 Å². The molecule has 0 aliphatic carbocycles. The number of hydrogen-bond acceptors (Lipinski definition) is 7. The molecule has 0 saturated heterocycles. The molecule has 9 heteroatoms. The largest absolute Gasteiger partial charge is 0.493 e. The van der Waals surface area contributed by atoms with Gasteiger partial charge in [-0.2, -0.15) is 0 Å². The molecule has 8 nitrogen and oxygen atoms in total. The third kappa shape index (κ3) is 4.25. The molecular formula is C19H21N5O3S. The first-order chi connectivity index (χ1) is 13.5. The highest BCUT2D eigenvalue weighted by molar-refractivity contribution is 8.00. The lowest BCUT2D eigenvalue weighted by molar-refractivity contribution is -0.115. The molecule has 3 rings (SSSR count). The number of ether oxygens (including phenoxy) is 2. The van der Waals surface area contributed by atoms with E-state index in [0.717, 1.165) is 11.4 Å². The zero-order valence-corrected chi connectivity index (χ0v) is 16.9. The number of rotatable bonds is 7. The Morgan fingerprint density at radius 3 is 2.50 bits per heavy atom. The average Bonchev–Trinajstić information content (AvgIpc) is 3.08. The third-order valence-corrected chi connectivity index (χ3v) is 5.21. The zero-order valence-electron chi connectivity index (χ0n) is 16.0. The Morgan fingerprint density at radius 1 is 1.11 bits per heavy atom. The summed E-state index contributed by atoms with van der Waals surface area (Å²) in [7, 11) is 4.99. The van der Waals surface area contributed by atoms with Crippen molar-refractivity contribution in [3.63, 3.8) is 0 Å². The van der Waals surface area contributed by atoms with E-state index < -0.39 is 0 Å². The van der Waals surface area contributed by atoms with Gasteiger partial charge in [0.15, 0.2) is 22.5 Å². The van der Waals surface area contributed by atoms with Crippen molar-refractivity contribution in [1.29, 1.82) is 0 Å². The van der Waals surface area contributed by atoms with Crippen molar-refractivity contribution < 1.29 is 14.3 Å². The van der Waals surface area contributed by atoms with Gasteiger partial charge < -0.3 is 19.4 Å². The minimum absolute atomic E-state index is 0.148. The highest BCUT2D eigenvalue weighted by Gasteiger charge is 2.20. The molecular weight excluding hydrogens is 378 g/mol. The van der Waals surface area contributed by atoms with E-state index in [1.807, 2.05) is 30.7 Å². The lowest BCUT2D eigenvalue weighted by Gasteiger charge is -2.13. The minimum atomic E-state index is -0.374. The second-order valence-electron chi connectivity index (χ2n) is 5.92. The van der Waals surface area contributed by atoms with Crippen LogP contribution in [0.4, 0.5) is 5.69 Å². The normalized spacial score (nSPS) is 11.7. The first-order valence-electron chi connectivity index (χ1n) is 8.52. The van der Waals surface area contributed by atoms with Crippen LogP contribution in [0, 0.1) is 0 Å². The molecule has 2 aromatic heterocycles. The Balaban J connectivity index is 1.69. The maximum Gasteiger partial charge on any atom is 0.237 e. The van der Waals surface area contributed by atoms with Crippen molar-refractivity contribution in [3.8, 4) is 22.9 Å². The molecule has 1 aromatic carbocycles. The van der Waals surface area contributed by atoms with E-state index in [1.165, 1.54) is 11.8 Å². The standard InChI is InChI=1S/C19H21N5O3S/c1-12(18(25)21-14-5-6-15(26-3)16(11-14)27-4)28-19-23-22-17(24(19)2)13-7-9-20-10-8-13/h5-12H,1-4H3,(H,21,25)/t12-/m0/s1. The summed E-state index contributed by atoms with van der Waals surface area (Å²) >= 11 is 1.34. The predicted molar refractivity (Wildman–Crippen MR) is 108 cm³/mol. The van der Waals surface area contributed by atoms with E-state index in [0.29, 0.717) is 22.3 Å². The van der Waals surface area contributed by atoms with Gasteiger partial charge in [0.1, 0.15) is 0 Å². The van der Waals surface area contributed by atoms with Gasteiger partial charge in [-0.25, -0.2) is 0 Å². The van der Waals surface area contributed by atoms with Crippen LogP contribution in [-0.2, 0) is 11.8 Å². The number of nitrogens with zero attached hydrogens (tertiary/aromatic N) is 4. The molecule has 2 heterocycles. The Hall–Kier alpha value is -3.07. The number of nitrogens with one attached hydrogen (secondary N) is 1. The zero-order chi connectivity index (χ0) is 20.1. The fourth-order valence-electron chi connectivity index (χ4n) is 2.54. The monoisotopic (exact) mass is 399 g/mol. The Morgan fingerprint density at radius 2 is 1.82 bits per heavy atom. The summed E-state index contributed by atoms with van der Waals surface area (Å²) in [5.74, 6) is 1.73. The second kappa shape index (κ2) is 8.75. The molecule has 0 bridgehead atoms. The van der Waals surface area contributed by atoms with Crippen LogP contribution in [0.3, 0.4) is 0 Å². The van der Waals surface area contributed by atoms with Crippen LogP contribution >= 0.6 is 11.8 Å². The van der Waals surface area contributed by atoms with Gasteiger partial charge in [-0.1, -0.05) is 11.8 Å². The molecule has 1 N–H and O–H groups in total. The number of hydrogen-bond donors (Lipinski definition) is 1. The van der Waals surface area contributed by atoms with E-state index in [9.17, 15) is 4.79 Å². The topological polar surface area (TPSA) is 91.2 Å². The number of thioether (sulfide) groups is 1. The maximum absolute atomic E-state index is 12.6. The molecule has 28 heavy (non-hydrogen) atoms. The van der Waals surface area contributed by atoms with Crippen LogP contribution in [0.25, 0.3) is 11.4 Å². The Kier molecular flexibility index (Phi) is 6.15. The van der Waals surface area contributed by atoms with Crippen LogP contribution < -0.4 is 14.8 Å². The first kappa shape index (κ1) is 19.7. The number of methoxy groups -OCH3 is 2. The molecule has 146 valence electrons. The summed E-state index contributed by atoms with van der Waals surface area (Å²) in [6, 6.07) is 8.96. The van der Waals surface area contributed by atoms with E-state index in [4.69, 9.17) is 9.47 Å². The number of carbonyl (C=O) groups excluding carboxylic acids is 1. The van der Waals surface area contributed by atoms with Gasteiger partial charge in [0.25, 0.3) is 0 Å². The fourth-order valence-corrected chi connectivity index (χ4v) is 3.35. The van der Waals surface area contributed by atoms with Gasteiger partial charge in [0.05, 0.1) is 19.5 Å². The third-order valence-electron chi connectivity index (χ3n) is 4.08. The van der Waals surface area contributed by atoms with Crippen molar-refractivity contribution in [3.05, 3.63) is 42.7 Å².